The van der Waals surface area contributed by atoms with Crippen molar-refractivity contribution in [3.05, 3.63) is 52.1 Å². The fourth-order valence-corrected chi connectivity index (χ4v) is 1.59. The topological polar surface area (TPSA) is 120 Å². The average Bonchev–Trinajstić information content (AvgIpc) is 2.47. The summed E-state index contributed by atoms with van der Waals surface area (Å²) >= 11 is 0. The van der Waals surface area contributed by atoms with E-state index in [-0.39, 0.29) is 11.6 Å². The lowest BCUT2D eigenvalue weighted by Crippen LogP contribution is -2.10. The van der Waals surface area contributed by atoms with Gasteiger partial charge in [0.05, 0.1) is 17.1 Å². The van der Waals surface area contributed by atoms with Crippen molar-refractivity contribution in [2.75, 3.05) is 12.4 Å². The quantitative estimate of drug-likeness (QED) is 0.640. The highest BCUT2D eigenvalue weighted by Crippen LogP contribution is 2.26. The van der Waals surface area contributed by atoms with Gasteiger partial charge in [-0.3, -0.25) is 14.9 Å². The highest BCUT2D eigenvalue weighted by atomic mass is 16.6. The number of carbonyl (C=O) groups is 1. The maximum Gasteiger partial charge on any atom is 0.278 e. The number of aromatic nitrogens is 1. The first-order chi connectivity index (χ1) is 9.99. The molecule has 0 saturated heterocycles. The molecular weight excluding hydrogens is 276 g/mol. The largest absolute Gasteiger partial charge is 0.439 e. The first-order valence-electron chi connectivity index (χ1n) is 5.91. The van der Waals surface area contributed by atoms with E-state index >= 15 is 0 Å². The number of primary amides is 1. The van der Waals surface area contributed by atoms with Crippen LogP contribution in [0.3, 0.4) is 0 Å². The van der Waals surface area contributed by atoms with Gasteiger partial charge in [-0.25, -0.2) is 0 Å². The lowest BCUT2D eigenvalue weighted by atomic mass is 10.2. The van der Waals surface area contributed by atoms with Crippen LogP contribution >= 0.6 is 0 Å². The number of anilines is 1. The number of pyridine rings is 1. The number of carbonyl (C=O) groups excluding carboxylic acids is 1. The fraction of sp³-hybridized carbons (Fsp3) is 0.0769. The van der Waals surface area contributed by atoms with Crippen molar-refractivity contribution < 1.29 is 14.5 Å². The van der Waals surface area contributed by atoms with Crippen molar-refractivity contribution in [2.24, 2.45) is 5.73 Å². The maximum atomic E-state index is 11.0. The Hall–Kier alpha value is -3.16. The maximum absolute atomic E-state index is 11.0. The lowest BCUT2D eigenvalue weighted by molar-refractivity contribution is -0.384. The molecule has 1 heterocycles. The van der Waals surface area contributed by atoms with Crippen LogP contribution in [0.25, 0.3) is 0 Å². The number of nitrogens with two attached hydrogens (primary N) is 1. The van der Waals surface area contributed by atoms with E-state index in [0.717, 1.165) is 0 Å². The van der Waals surface area contributed by atoms with Crippen LogP contribution in [0.2, 0.25) is 0 Å². The van der Waals surface area contributed by atoms with Crippen LogP contribution in [0.4, 0.5) is 11.5 Å². The molecule has 1 aromatic carbocycles. The molecule has 1 amide bonds. The zero-order valence-corrected chi connectivity index (χ0v) is 11.1. The Labute approximate surface area is 119 Å². The molecule has 0 bridgehead atoms. The van der Waals surface area contributed by atoms with Crippen molar-refractivity contribution in [3.8, 4) is 11.6 Å². The fourth-order valence-electron chi connectivity index (χ4n) is 1.59. The van der Waals surface area contributed by atoms with E-state index in [0.29, 0.717) is 17.1 Å². The minimum Gasteiger partial charge on any atom is -0.439 e. The van der Waals surface area contributed by atoms with Crippen molar-refractivity contribution >= 4 is 17.4 Å². The minimum absolute atomic E-state index is 0.0698. The predicted molar refractivity (Wildman–Crippen MR) is 75.5 cm³/mol. The third-order valence-corrected chi connectivity index (χ3v) is 2.61. The Morgan fingerprint density at radius 1 is 1.33 bits per heavy atom. The highest BCUT2D eigenvalue weighted by Gasteiger charge is 2.12. The summed E-state index contributed by atoms with van der Waals surface area (Å²) in [5.41, 5.74) is 5.33. The van der Waals surface area contributed by atoms with Crippen molar-refractivity contribution in [1.82, 2.24) is 4.98 Å². The Morgan fingerprint density at radius 3 is 2.52 bits per heavy atom. The van der Waals surface area contributed by atoms with E-state index < -0.39 is 10.8 Å². The summed E-state index contributed by atoms with van der Waals surface area (Å²) in [6.07, 6.45) is 0. The predicted octanol–water partition coefficient (Wildman–Crippen LogP) is 1.92. The van der Waals surface area contributed by atoms with E-state index in [9.17, 15) is 14.9 Å². The van der Waals surface area contributed by atoms with Crippen LogP contribution in [-0.2, 0) is 0 Å². The molecular formula is C13H12N4O4. The van der Waals surface area contributed by atoms with Gasteiger partial charge in [-0.15, -0.1) is 0 Å². The number of nitrogens with zero attached hydrogens (tertiary/aromatic N) is 2. The monoisotopic (exact) mass is 288 g/mol. The molecule has 2 aromatic rings. The summed E-state index contributed by atoms with van der Waals surface area (Å²) in [7, 11) is 1.59. The van der Waals surface area contributed by atoms with Gasteiger partial charge in [0.1, 0.15) is 11.6 Å². The molecule has 0 saturated carbocycles. The molecule has 0 spiro atoms. The Balaban J connectivity index is 2.28. The standard InChI is InChI=1S/C13H12N4O4/c1-15-11-6-9(17(19)20)7-12(16-11)21-10-4-2-8(3-5-10)13(14)18/h2-7H,1H3,(H2,14,18)(H,15,16). The van der Waals surface area contributed by atoms with Gasteiger partial charge in [0.25, 0.3) is 5.69 Å². The van der Waals surface area contributed by atoms with E-state index in [1.165, 1.54) is 36.4 Å². The number of benzene rings is 1. The van der Waals surface area contributed by atoms with Gasteiger partial charge in [0.2, 0.25) is 11.8 Å². The van der Waals surface area contributed by atoms with E-state index in [4.69, 9.17) is 10.5 Å². The molecule has 3 N–H and O–H groups in total. The smallest absolute Gasteiger partial charge is 0.278 e. The van der Waals surface area contributed by atoms with Crippen LogP contribution in [-0.4, -0.2) is 22.9 Å². The molecule has 0 atom stereocenters. The first-order valence-corrected chi connectivity index (χ1v) is 5.91. The summed E-state index contributed by atoms with van der Waals surface area (Å²) in [5, 5.41) is 13.6. The van der Waals surface area contributed by atoms with Gasteiger partial charge >= 0.3 is 0 Å². The summed E-state index contributed by atoms with van der Waals surface area (Å²) in [6, 6.07) is 8.55. The summed E-state index contributed by atoms with van der Waals surface area (Å²) in [4.78, 5) is 25.3. The van der Waals surface area contributed by atoms with Crippen molar-refractivity contribution in [3.63, 3.8) is 0 Å². The normalized spacial score (nSPS) is 9.95. The molecule has 2 rings (SSSR count). The van der Waals surface area contributed by atoms with E-state index in [1.54, 1.807) is 7.05 Å². The molecule has 1 aromatic heterocycles. The summed E-state index contributed by atoms with van der Waals surface area (Å²) in [6.45, 7) is 0. The van der Waals surface area contributed by atoms with Crippen molar-refractivity contribution in [2.45, 2.75) is 0 Å². The van der Waals surface area contributed by atoms with Gasteiger partial charge in [-0.1, -0.05) is 0 Å². The number of hydrogen-bond donors (Lipinski definition) is 2. The molecule has 8 nitrogen and oxygen atoms in total. The zero-order chi connectivity index (χ0) is 15.4. The third kappa shape index (κ3) is 3.44. The van der Waals surface area contributed by atoms with Gasteiger partial charge < -0.3 is 15.8 Å². The van der Waals surface area contributed by atoms with Gasteiger partial charge in [0.15, 0.2) is 0 Å². The van der Waals surface area contributed by atoms with Crippen LogP contribution in [0.15, 0.2) is 36.4 Å². The van der Waals surface area contributed by atoms with Crippen LogP contribution in [0.5, 0.6) is 11.6 Å². The molecule has 0 radical (unpaired) electrons. The second-order valence-corrected chi connectivity index (χ2v) is 4.05. The second kappa shape index (κ2) is 5.87. The number of amides is 1. The SMILES string of the molecule is CNc1cc([N+](=O)[O-])cc(Oc2ccc(C(N)=O)cc2)n1. The second-order valence-electron chi connectivity index (χ2n) is 4.05. The van der Waals surface area contributed by atoms with E-state index in [1.807, 2.05) is 0 Å². The number of ether oxygens (including phenoxy) is 1. The number of hydrogen-bond acceptors (Lipinski definition) is 6. The Morgan fingerprint density at radius 2 is 2.00 bits per heavy atom. The molecule has 0 aliphatic heterocycles. The third-order valence-electron chi connectivity index (χ3n) is 2.61. The molecule has 0 fully saturated rings. The molecule has 0 aliphatic carbocycles. The Kier molecular flexibility index (Phi) is 3.98. The highest BCUT2D eigenvalue weighted by molar-refractivity contribution is 5.92. The number of nitrogens with one attached hydrogen (secondary N) is 1. The van der Waals surface area contributed by atoms with Gasteiger partial charge in [-0.2, -0.15) is 4.98 Å². The minimum atomic E-state index is -0.549. The van der Waals surface area contributed by atoms with Gasteiger partial charge in [0, 0.05) is 12.6 Å². The zero-order valence-electron chi connectivity index (χ0n) is 11.1. The average molecular weight is 288 g/mol. The summed E-state index contributed by atoms with van der Waals surface area (Å²) < 4.78 is 5.44. The molecule has 0 aliphatic rings. The van der Waals surface area contributed by atoms with Crippen LogP contribution < -0.4 is 15.8 Å². The van der Waals surface area contributed by atoms with Crippen molar-refractivity contribution in [1.29, 1.82) is 0 Å². The number of nitro groups is 1. The summed E-state index contributed by atoms with van der Waals surface area (Å²) in [5.74, 6) is 0.218. The molecule has 108 valence electrons. The molecule has 21 heavy (non-hydrogen) atoms. The van der Waals surface area contributed by atoms with Crippen LogP contribution in [0.1, 0.15) is 10.4 Å². The molecule has 8 heteroatoms. The Bertz CT molecular complexity index is 685. The van der Waals surface area contributed by atoms with Crippen LogP contribution in [0, 0.1) is 10.1 Å². The van der Waals surface area contributed by atoms with Gasteiger partial charge in [-0.05, 0) is 24.3 Å². The number of rotatable bonds is 5. The molecule has 0 unspecified atom stereocenters. The van der Waals surface area contributed by atoms with E-state index in [2.05, 4.69) is 10.3 Å². The first kappa shape index (κ1) is 14.3. The lowest BCUT2D eigenvalue weighted by Gasteiger charge is -2.07.